The SMILES string of the molecule is COc1cc(C(Br)c2cc(Cl)cc(Cl)c2)c(OC)cc1Br. The smallest absolute Gasteiger partial charge is 0.133 e. The van der Waals surface area contributed by atoms with E-state index in [0.717, 1.165) is 27.1 Å². The number of ether oxygens (including phenoxy) is 2. The molecule has 0 N–H and O–H groups in total. The maximum absolute atomic E-state index is 6.07. The molecule has 0 saturated carbocycles. The van der Waals surface area contributed by atoms with Crippen molar-refractivity contribution in [2.24, 2.45) is 0 Å². The van der Waals surface area contributed by atoms with Gasteiger partial charge < -0.3 is 9.47 Å². The van der Waals surface area contributed by atoms with Crippen LogP contribution >= 0.6 is 55.1 Å². The van der Waals surface area contributed by atoms with Crippen LogP contribution in [0.2, 0.25) is 10.0 Å². The normalized spacial score (nSPS) is 12.1. The highest BCUT2D eigenvalue weighted by molar-refractivity contribution is 9.10. The molecule has 1 atom stereocenters. The van der Waals surface area contributed by atoms with Crippen molar-refractivity contribution in [2.45, 2.75) is 4.83 Å². The molecule has 0 radical (unpaired) electrons. The largest absolute Gasteiger partial charge is 0.496 e. The van der Waals surface area contributed by atoms with E-state index in [9.17, 15) is 0 Å². The topological polar surface area (TPSA) is 18.5 Å². The van der Waals surface area contributed by atoms with E-state index in [4.69, 9.17) is 32.7 Å². The van der Waals surface area contributed by atoms with Crippen molar-refractivity contribution >= 4 is 55.1 Å². The van der Waals surface area contributed by atoms with Gasteiger partial charge >= 0.3 is 0 Å². The summed E-state index contributed by atoms with van der Waals surface area (Å²) in [5.74, 6) is 1.46. The molecule has 0 bridgehead atoms. The lowest BCUT2D eigenvalue weighted by atomic mass is 10.0. The lowest BCUT2D eigenvalue weighted by molar-refractivity contribution is 0.397. The first kappa shape index (κ1) is 16.9. The molecule has 21 heavy (non-hydrogen) atoms. The number of halogens is 4. The van der Waals surface area contributed by atoms with Gasteiger partial charge in [0.1, 0.15) is 11.5 Å². The quantitative estimate of drug-likeness (QED) is 0.508. The van der Waals surface area contributed by atoms with Crippen LogP contribution in [0.4, 0.5) is 0 Å². The van der Waals surface area contributed by atoms with Gasteiger partial charge in [-0.2, -0.15) is 0 Å². The van der Waals surface area contributed by atoms with Crippen molar-refractivity contribution in [1.29, 1.82) is 0 Å². The van der Waals surface area contributed by atoms with Gasteiger partial charge in [-0.05, 0) is 51.8 Å². The fourth-order valence-electron chi connectivity index (χ4n) is 1.98. The Bertz CT molecular complexity index is 642. The van der Waals surface area contributed by atoms with E-state index in [-0.39, 0.29) is 4.83 Å². The summed E-state index contributed by atoms with van der Waals surface area (Å²) < 4.78 is 11.6. The summed E-state index contributed by atoms with van der Waals surface area (Å²) in [5.41, 5.74) is 1.87. The lowest BCUT2D eigenvalue weighted by Gasteiger charge is -2.17. The van der Waals surface area contributed by atoms with Crippen LogP contribution in [0.3, 0.4) is 0 Å². The highest BCUT2D eigenvalue weighted by Crippen LogP contribution is 2.42. The molecule has 0 heterocycles. The third kappa shape index (κ3) is 3.86. The molecule has 0 amide bonds. The molecular weight excluding hydrogens is 443 g/mol. The average molecular weight is 455 g/mol. The van der Waals surface area contributed by atoms with Crippen LogP contribution in [0.1, 0.15) is 16.0 Å². The summed E-state index contributed by atoms with van der Waals surface area (Å²) in [5, 5.41) is 1.18. The van der Waals surface area contributed by atoms with E-state index in [1.807, 2.05) is 24.3 Å². The van der Waals surface area contributed by atoms with Crippen LogP contribution in [0.25, 0.3) is 0 Å². The van der Waals surface area contributed by atoms with Gasteiger partial charge in [-0.25, -0.2) is 0 Å². The Labute approximate surface area is 150 Å². The Morgan fingerprint density at radius 2 is 1.48 bits per heavy atom. The van der Waals surface area contributed by atoms with E-state index >= 15 is 0 Å². The minimum atomic E-state index is -0.120. The van der Waals surface area contributed by atoms with E-state index < -0.39 is 0 Å². The van der Waals surface area contributed by atoms with Crippen LogP contribution in [0.5, 0.6) is 11.5 Å². The van der Waals surface area contributed by atoms with Crippen LogP contribution < -0.4 is 9.47 Å². The molecule has 2 aromatic rings. The first-order chi connectivity index (χ1) is 9.96. The van der Waals surface area contributed by atoms with Crippen LogP contribution in [0, 0.1) is 0 Å². The zero-order chi connectivity index (χ0) is 15.6. The van der Waals surface area contributed by atoms with Crippen molar-refractivity contribution in [3.8, 4) is 11.5 Å². The van der Waals surface area contributed by atoms with Gasteiger partial charge in [0.25, 0.3) is 0 Å². The molecule has 0 saturated heterocycles. The zero-order valence-electron chi connectivity index (χ0n) is 11.3. The fraction of sp³-hybridized carbons (Fsp3) is 0.200. The fourth-order valence-corrected chi connectivity index (χ4v) is 3.63. The monoisotopic (exact) mass is 452 g/mol. The van der Waals surface area contributed by atoms with Gasteiger partial charge in [-0.1, -0.05) is 39.1 Å². The number of hydrogen-bond donors (Lipinski definition) is 0. The third-order valence-electron chi connectivity index (χ3n) is 2.95. The molecule has 2 nitrogen and oxygen atoms in total. The van der Waals surface area contributed by atoms with Crippen LogP contribution in [-0.2, 0) is 0 Å². The zero-order valence-corrected chi connectivity index (χ0v) is 16.0. The Hall–Kier alpha value is -0.420. The van der Waals surface area contributed by atoms with Gasteiger partial charge in [-0.15, -0.1) is 0 Å². The summed E-state index contributed by atoms with van der Waals surface area (Å²) in [6, 6.07) is 9.21. The highest BCUT2D eigenvalue weighted by Gasteiger charge is 2.19. The molecular formula is C15H12Br2Cl2O2. The van der Waals surface area contributed by atoms with Crippen molar-refractivity contribution in [2.75, 3.05) is 14.2 Å². The average Bonchev–Trinajstić information content (AvgIpc) is 2.45. The van der Waals surface area contributed by atoms with Gasteiger partial charge in [0.15, 0.2) is 0 Å². The Morgan fingerprint density at radius 3 is 2.00 bits per heavy atom. The second kappa shape index (κ2) is 7.23. The molecule has 2 rings (SSSR count). The highest BCUT2D eigenvalue weighted by atomic mass is 79.9. The van der Waals surface area contributed by atoms with Crippen molar-refractivity contribution in [3.63, 3.8) is 0 Å². The summed E-state index contributed by atoms with van der Waals surface area (Å²) in [4.78, 5) is -0.120. The molecule has 0 aliphatic heterocycles. The Morgan fingerprint density at radius 1 is 0.905 bits per heavy atom. The van der Waals surface area contributed by atoms with E-state index in [1.54, 1.807) is 20.3 Å². The Kier molecular flexibility index (Phi) is 5.83. The van der Waals surface area contributed by atoms with Crippen molar-refractivity contribution < 1.29 is 9.47 Å². The predicted molar refractivity (Wildman–Crippen MR) is 94.5 cm³/mol. The number of rotatable bonds is 4. The molecule has 2 aromatic carbocycles. The molecule has 0 spiro atoms. The van der Waals surface area contributed by atoms with Crippen LogP contribution in [0.15, 0.2) is 34.8 Å². The number of benzene rings is 2. The first-order valence-electron chi connectivity index (χ1n) is 5.97. The van der Waals surface area contributed by atoms with Gasteiger partial charge in [-0.3, -0.25) is 0 Å². The summed E-state index contributed by atoms with van der Waals surface area (Å²) in [7, 11) is 3.25. The van der Waals surface area contributed by atoms with Gasteiger partial charge in [0, 0.05) is 15.6 Å². The van der Waals surface area contributed by atoms with Crippen molar-refractivity contribution in [3.05, 3.63) is 56.0 Å². The molecule has 112 valence electrons. The van der Waals surface area contributed by atoms with E-state index in [2.05, 4.69) is 31.9 Å². The van der Waals surface area contributed by atoms with Crippen molar-refractivity contribution in [1.82, 2.24) is 0 Å². The molecule has 0 aliphatic rings. The summed E-state index contributed by atoms with van der Waals surface area (Å²) >= 11 is 19.3. The first-order valence-corrected chi connectivity index (χ1v) is 8.44. The minimum absolute atomic E-state index is 0.120. The number of alkyl halides is 1. The maximum atomic E-state index is 6.07. The molecule has 0 fully saturated rings. The summed E-state index contributed by atoms with van der Waals surface area (Å²) in [6.45, 7) is 0. The number of methoxy groups -OCH3 is 2. The predicted octanol–water partition coefficient (Wildman–Crippen LogP) is 6.26. The van der Waals surface area contributed by atoms with Gasteiger partial charge in [0.05, 0.1) is 23.5 Å². The maximum Gasteiger partial charge on any atom is 0.133 e. The minimum Gasteiger partial charge on any atom is -0.496 e. The lowest BCUT2D eigenvalue weighted by Crippen LogP contribution is -1.99. The second-order valence-corrected chi connectivity index (χ2v) is 6.94. The van der Waals surface area contributed by atoms with Crippen LogP contribution in [-0.4, -0.2) is 14.2 Å². The molecule has 0 aromatic heterocycles. The Balaban J connectivity index is 2.53. The second-order valence-electron chi connectivity index (χ2n) is 4.29. The standard InChI is InChI=1S/C15H12Br2Cl2O2/c1-20-13-7-12(16)14(21-2)6-11(13)15(17)8-3-9(18)5-10(19)4-8/h3-7,15H,1-2H3. The van der Waals surface area contributed by atoms with Gasteiger partial charge in [0.2, 0.25) is 0 Å². The molecule has 6 heteroatoms. The molecule has 0 aliphatic carbocycles. The van der Waals surface area contributed by atoms with E-state index in [1.165, 1.54) is 0 Å². The number of hydrogen-bond acceptors (Lipinski definition) is 2. The summed E-state index contributed by atoms with van der Waals surface area (Å²) in [6.07, 6.45) is 0. The molecule has 1 unspecified atom stereocenters. The van der Waals surface area contributed by atoms with E-state index in [0.29, 0.717) is 10.0 Å². The third-order valence-corrected chi connectivity index (χ3v) is 5.03.